The molecule has 0 saturated carbocycles. The van der Waals surface area contributed by atoms with E-state index in [2.05, 4.69) is 33.0 Å². The zero-order valence-electron chi connectivity index (χ0n) is 12.3. The van der Waals surface area contributed by atoms with Crippen LogP contribution >= 0.6 is 0 Å². The second-order valence-electron chi connectivity index (χ2n) is 5.32. The van der Waals surface area contributed by atoms with Gasteiger partial charge in [0, 0.05) is 26.4 Å². The molecule has 17 heavy (non-hydrogen) atoms. The Balaban J connectivity index is 3.29. The SMILES string of the molecule is CCCNC(C)CCCOCCC(C)(C)OC. The lowest BCUT2D eigenvalue weighted by Gasteiger charge is -2.22. The second-order valence-corrected chi connectivity index (χ2v) is 5.32. The van der Waals surface area contributed by atoms with Crippen LogP contribution < -0.4 is 5.32 Å². The molecule has 0 heterocycles. The highest BCUT2D eigenvalue weighted by Crippen LogP contribution is 2.12. The van der Waals surface area contributed by atoms with Gasteiger partial charge in [0.25, 0.3) is 0 Å². The van der Waals surface area contributed by atoms with Gasteiger partial charge < -0.3 is 14.8 Å². The van der Waals surface area contributed by atoms with Gasteiger partial charge in [0.15, 0.2) is 0 Å². The molecule has 3 heteroatoms. The van der Waals surface area contributed by atoms with Crippen molar-refractivity contribution in [3.63, 3.8) is 0 Å². The summed E-state index contributed by atoms with van der Waals surface area (Å²) in [6.07, 6.45) is 4.47. The summed E-state index contributed by atoms with van der Waals surface area (Å²) in [6, 6.07) is 0.606. The molecule has 0 bridgehead atoms. The first kappa shape index (κ1) is 16.9. The molecule has 0 amide bonds. The first-order valence-corrected chi connectivity index (χ1v) is 6.88. The molecule has 0 saturated heterocycles. The molecule has 0 rings (SSSR count). The minimum atomic E-state index is -0.0596. The van der Waals surface area contributed by atoms with Gasteiger partial charge >= 0.3 is 0 Å². The monoisotopic (exact) mass is 245 g/mol. The van der Waals surface area contributed by atoms with E-state index in [0.29, 0.717) is 6.04 Å². The summed E-state index contributed by atoms with van der Waals surface area (Å²) in [7, 11) is 1.75. The molecule has 0 aromatic heterocycles. The summed E-state index contributed by atoms with van der Waals surface area (Å²) >= 11 is 0. The van der Waals surface area contributed by atoms with E-state index in [-0.39, 0.29) is 5.60 Å². The number of methoxy groups -OCH3 is 1. The van der Waals surface area contributed by atoms with Crippen molar-refractivity contribution in [2.24, 2.45) is 0 Å². The minimum absolute atomic E-state index is 0.0596. The summed E-state index contributed by atoms with van der Waals surface area (Å²) in [4.78, 5) is 0. The number of rotatable bonds is 11. The number of hydrogen-bond acceptors (Lipinski definition) is 3. The van der Waals surface area contributed by atoms with Crippen LogP contribution in [0.4, 0.5) is 0 Å². The van der Waals surface area contributed by atoms with Crippen LogP contribution in [0.25, 0.3) is 0 Å². The molecule has 1 unspecified atom stereocenters. The lowest BCUT2D eigenvalue weighted by Crippen LogP contribution is -2.27. The zero-order chi connectivity index (χ0) is 13.1. The Kier molecular flexibility index (Phi) is 9.79. The van der Waals surface area contributed by atoms with Crippen molar-refractivity contribution in [2.75, 3.05) is 26.9 Å². The van der Waals surface area contributed by atoms with E-state index in [4.69, 9.17) is 9.47 Å². The molecule has 0 aliphatic carbocycles. The standard InChI is InChI=1S/C14H31NO2/c1-6-10-15-13(2)8-7-11-17-12-9-14(3,4)16-5/h13,15H,6-12H2,1-5H3. The van der Waals surface area contributed by atoms with Crippen molar-refractivity contribution in [1.82, 2.24) is 5.32 Å². The molecule has 0 aromatic carbocycles. The van der Waals surface area contributed by atoms with Crippen LogP contribution in [-0.4, -0.2) is 38.5 Å². The summed E-state index contributed by atoms with van der Waals surface area (Å²) in [6.45, 7) is 11.4. The number of nitrogens with one attached hydrogen (secondary N) is 1. The predicted molar refractivity (Wildman–Crippen MR) is 73.5 cm³/mol. The van der Waals surface area contributed by atoms with Gasteiger partial charge in [-0.05, 0) is 53.0 Å². The Morgan fingerprint density at radius 3 is 2.53 bits per heavy atom. The Bertz CT molecular complexity index is 172. The van der Waals surface area contributed by atoms with E-state index in [1.165, 1.54) is 12.8 Å². The minimum Gasteiger partial charge on any atom is -0.381 e. The summed E-state index contributed by atoms with van der Waals surface area (Å²) in [5.41, 5.74) is -0.0596. The van der Waals surface area contributed by atoms with E-state index in [0.717, 1.165) is 32.6 Å². The van der Waals surface area contributed by atoms with Gasteiger partial charge in [-0.1, -0.05) is 6.92 Å². The van der Waals surface area contributed by atoms with E-state index in [1.54, 1.807) is 7.11 Å². The topological polar surface area (TPSA) is 30.5 Å². The Morgan fingerprint density at radius 1 is 1.24 bits per heavy atom. The Labute approximate surface area is 107 Å². The first-order chi connectivity index (χ1) is 8.02. The fourth-order valence-electron chi connectivity index (χ4n) is 1.51. The Morgan fingerprint density at radius 2 is 1.94 bits per heavy atom. The van der Waals surface area contributed by atoms with Crippen molar-refractivity contribution in [3.05, 3.63) is 0 Å². The molecular weight excluding hydrogens is 214 g/mol. The van der Waals surface area contributed by atoms with Gasteiger partial charge in [0.05, 0.1) is 5.60 Å². The maximum absolute atomic E-state index is 5.62. The fraction of sp³-hybridized carbons (Fsp3) is 1.00. The quantitative estimate of drug-likeness (QED) is 0.568. The molecule has 1 atom stereocenters. The average molecular weight is 245 g/mol. The third-order valence-electron chi connectivity index (χ3n) is 3.07. The largest absolute Gasteiger partial charge is 0.381 e. The first-order valence-electron chi connectivity index (χ1n) is 6.88. The predicted octanol–water partition coefficient (Wildman–Crippen LogP) is 2.99. The normalized spacial score (nSPS) is 13.9. The maximum atomic E-state index is 5.62. The van der Waals surface area contributed by atoms with Gasteiger partial charge in [0.2, 0.25) is 0 Å². The van der Waals surface area contributed by atoms with Crippen LogP contribution in [0, 0.1) is 0 Å². The molecule has 0 fully saturated rings. The Hall–Kier alpha value is -0.120. The van der Waals surface area contributed by atoms with Crippen LogP contribution in [0.1, 0.15) is 53.4 Å². The smallest absolute Gasteiger partial charge is 0.0644 e. The van der Waals surface area contributed by atoms with Crippen molar-refractivity contribution in [2.45, 2.75) is 65.0 Å². The number of hydrogen-bond donors (Lipinski definition) is 1. The lowest BCUT2D eigenvalue weighted by molar-refractivity contribution is -0.0102. The number of ether oxygens (including phenoxy) is 2. The van der Waals surface area contributed by atoms with Gasteiger partial charge in [0.1, 0.15) is 0 Å². The molecule has 0 aliphatic rings. The van der Waals surface area contributed by atoms with Crippen LogP contribution in [0.15, 0.2) is 0 Å². The molecule has 3 nitrogen and oxygen atoms in total. The molecular formula is C14H31NO2. The summed E-state index contributed by atoms with van der Waals surface area (Å²) in [5, 5.41) is 3.48. The molecule has 0 aliphatic heterocycles. The van der Waals surface area contributed by atoms with Gasteiger partial charge in [-0.3, -0.25) is 0 Å². The molecule has 0 radical (unpaired) electrons. The van der Waals surface area contributed by atoms with Gasteiger partial charge in [-0.15, -0.1) is 0 Å². The second kappa shape index (κ2) is 9.86. The van der Waals surface area contributed by atoms with Crippen molar-refractivity contribution in [1.29, 1.82) is 0 Å². The molecule has 0 spiro atoms. The van der Waals surface area contributed by atoms with E-state index in [9.17, 15) is 0 Å². The van der Waals surface area contributed by atoms with Crippen molar-refractivity contribution in [3.8, 4) is 0 Å². The lowest BCUT2D eigenvalue weighted by atomic mass is 10.1. The van der Waals surface area contributed by atoms with Crippen LogP contribution in [-0.2, 0) is 9.47 Å². The summed E-state index contributed by atoms with van der Waals surface area (Å²) < 4.78 is 11.0. The maximum Gasteiger partial charge on any atom is 0.0644 e. The zero-order valence-corrected chi connectivity index (χ0v) is 12.3. The van der Waals surface area contributed by atoms with Gasteiger partial charge in [-0.25, -0.2) is 0 Å². The van der Waals surface area contributed by atoms with Crippen LogP contribution in [0.5, 0.6) is 0 Å². The third-order valence-corrected chi connectivity index (χ3v) is 3.07. The van der Waals surface area contributed by atoms with Crippen LogP contribution in [0.2, 0.25) is 0 Å². The van der Waals surface area contributed by atoms with E-state index < -0.39 is 0 Å². The third kappa shape index (κ3) is 10.7. The summed E-state index contributed by atoms with van der Waals surface area (Å²) in [5.74, 6) is 0. The highest BCUT2D eigenvalue weighted by Gasteiger charge is 2.15. The van der Waals surface area contributed by atoms with E-state index in [1.807, 2.05) is 0 Å². The average Bonchev–Trinajstić information content (AvgIpc) is 2.31. The highest BCUT2D eigenvalue weighted by molar-refractivity contribution is 4.66. The van der Waals surface area contributed by atoms with E-state index >= 15 is 0 Å². The van der Waals surface area contributed by atoms with Crippen molar-refractivity contribution < 1.29 is 9.47 Å². The molecule has 104 valence electrons. The fourth-order valence-corrected chi connectivity index (χ4v) is 1.51. The highest BCUT2D eigenvalue weighted by atomic mass is 16.5. The molecule has 1 N–H and O–H groups in total. The van der Waals surface area contributed by atoms with Crippen LogP contribution in [0.3, 0.4) is 0 Å². The van der Waals surface area contributed by atoms with Gasteiger partial charge in [-0.2, -0.15) is 0 Å². The van der Waals surface area contributed by atoms with Crippen molar-refractivity contribution >= 4 is 0 Å². The molecule has 0 aromatic rings.